The number of rotatable bonds is 4. The summed E-state index contributed by atoms with van der Waals surface area (Å²) in [6.07, 6.45) is 4.93. The highest BCUT2D eigenvalue weighted by atomic mass is 16.5. The highest BCUT2D eigenvalue weighted by Gasteiger charge is 1.78. The highest BCUT2D eigenvalue weighted by molar-refractivity contribution is 4.97. The number of hydrogen-bond donors (Lipinski definition) is 0. The van der Waals surface area contributed by atoms with Gasteiger partial charge in [0, 0.05) is 0 Å². The molecule has 0 spiro atoms. The second kappa shape index (κ2) is 7.03. The van der Waals surface area contributed by atoms with Crippen LogP contribution in [-0.4, -0.2) is 6.61 Å². The van der Waals surface area contributed by atoms with Crippen molar-refractivity contribution in [3.05, 3.63) is 12.3 Å². The van der Waals surface area contributed by atoms with Crippen LogP contribution in [0.5, 0.6) is 0 Å². The second-order valence-electron chi connectivity index (χ2n) is 1.66. The summed E-state index contributed by atoms with van der Waals surface area (Å²) >= 11 is 0. The summed E-state index contributed by atoms with van der Waals surface area (Å²) in [6, 6.07) is 1.84. The van der Waals surface area contributed by atoms with Gasteiger partial charge in [0.2, 0.25) is 0 Å². The Morgan fingerprint density at radius 3 is 3.00 bits per heavy atom. The van der Waals surface area contributed by atoms with Crippen molar-refractivity contribution in [1.29, 1.82) is 5.26 Å². The van der Waals surface area contributed by atoms with Crippen LogP contribution in [0.1, 0.15) is 19.8 Å². The predicted molar refractivity (Wildman–Crippen MR) is 35.6 cm³/mol. The highest BCUT2D eigenvalue weighted by Crippen LogP contribution is 1.87. The molecule has 0 fully saturated rings. The van der Waals surface area contributed by atoms with Gasteiger partial charge < -0.3 is 4.74 Å². The van der Waals surface area contributed by atoms with E-state index >= 15 is 0 Å². The van der Waals surface area contributed by atoms with Crippen LogP contribution >= 0.6 is 0 Å². The van der Waals surface area contributed by atoms with E-state index in [4.69, 9.17) is 10.00 Å². The summed E-state index contributed by atoms with van der Waals surface area (Å²) < 4.78 is 4.91. The average Bonchev–Trinajstić information content (AvgIpc) is 1.89. The van der Waals surface area contributed by atoms with Crippen molar-refractivity contribution in [1.82, 2.24) is 0 Å². The fourth-order valence-electron chi connectivity index (χ4n) is 0.374. The predicted octanol–water partition coefficient (Wildman–Crippen LogP) is 1.84. The smallest absolute Gasteiger partial charge is 0.0944 e. The quantitative estimate of drug-likeness (QED) is 0.326. The van der Waals surface area contributed by atoms with Gasteiger partial charge in [-0.3, -0.25) is 0 Å². The lowest BCUT2D eigenvalue weighted by Crippen LogP contribution is -1.84. The minimum Gasteiger partial charge on any atom is -0.500 e. The molecule has 2 nitrogen and oxygen atoms in total. The van der Waals surface area contributed by atoms with Gasteiger partial charge in [0.05, 0.1) is 25.0 Å². The fourth-order valence-corrected chi connectivity index (χ4v) is 0.374. The van der Waals surface area contributed by atoms with Gasteiger partial charge >= 0.3 is 0 Å². The van der Waals surface area contributed by atoms with E-state index in [-0.39, 0.29) is 0 Å². The zero-order valence-electron chi connectivity index (χ0n) is 5.63. The number of allylic oxidation sites excluding steroid dienone is 1. The van der Waals surface area contributed by atoms with Crippen LogP contribution in [0.2, 0.25) is 0 Å². The van der Waals surface area contributed by atoms with Crippen molar-refractivity contribution in [2.45, 2.75) is 19.8 Å². The largest absolute Gasteiger partial charge is 0.500 e. The SMILES string of the molecule is CCCCOC=CC#N. The van der Waals surface area contributed by atoms with Gasteiger partial charge in [-0.15, -0.1) is 0 Å². The third-order valence-electron chi connectivity index (χ3n) is 0.855. The normalized spacial score (nSPS) is 9.33. The van der Waals surface area contributed by atoms with Gasteiger partial charge in [0.1, 0.15) is 0 Å². The van der Waals surface area contributed by atoms with E-state index in [1.165, 1.54) is 12.3 Å². The molecular formula is C7H11NO. The first-order chi connectivity index (χ1) is 4.41. The van der Waals surface area contributed by atoms with Crippen LogP contribution in [0.15, 0.2) is 12.3 Å². The Kier molecular flexibility index (Phi) is 6.27. The molecule has 0 radical (unpaired) electrons. The van der Waals surface area contributed by atoms with E-state index < -0.39 is 0 Å². The molecule has 0 atom stereocenters. The minimum atomic E-state index is 0.717. The zero-order chi connectivity index (χ0) is 6.95. The molecule has 0 N–H and O–H groups in total. The molecule has 0 bridgehead atoms. The molecule has 0 saturated carbocycles. The van der Waals surface area contributed by atoms with E-state index in [1.807, 2.05) is 6.07 Å². The summed E-state index contributed by atoms with van der Waals surface area (Å²) in [7, 11) is 0. The Labute approximate surface area is 55.7 Å². The van der Waals surface area contributed by atoms with E-state index in [1.54, 1.807) is 0 Å². The maximum atomic E-state index is 8.01. The van der Waals surface area contributed by atoms with Crippen molar-refractivity contribution < 1.29 is 4.74 Å². The Bertz CT molecular complexity index is 113. The van der Waals surface area contributed by atoms with Gasteiger partial charge in [-0.25, -0.2) is 0 Å². The van der Waals surface area contributed by atoms with E-state index in [0.29, 0.717) is 6.61 Å². The minimum absolute atomic E-state index is 0.717. The molecule has 0 aromatic carbocycles. The Balaban J connectivity index is 2.93. The summed E-state index contributed by atoms with van der Waals surface area (Å²) in [5, 5.41) is 8.01. The number of ether oxygens (including phenoxy) is 1. The van der Waals surface area contributed by atoms with Crippen LogP contribution in [-0.2, 0) is 4.74 Å². The second-order valence-corrected chi connectivity index (χ2v) is 1.66. The van der Waals surface area contributed by atoms with Gasteiger partial charge in [0.25, 0.3) is 0 Å². The molecule has 2 heteroatoms. The van der Waals surface area contributed by atoms with Crippen LogP contribution in [0.4, 0.5) is 0 Å². The van der Waals surface area contributed by atoms with E-state index in [0.717, 1.165) is 12.8 Å². The molecular weight excluding hydrogens is 114 g/mol. The lowest BCUT2D eigenvalue weighted by Gasteiger charge is -1.94. The van der Waals surface area contributed by atoms with Gasteiger partial charge in [-0.1, -0.05) is 13.3 Å². The van der Waals surface area contributed by atoms with Crippen LogP contribution in [0.25, 0.3) is 0 Å². The molecule has 0 aliphatic carbocycles. The molecule has 0 aromatic heterocycles. The van der Waals surface area contributed by atoms with E-state index in [2.05, 4.69) is 6.92 Å². The number of hydrogen-bond acceptors (Lipinski definition) is 2. The molecule has 9 heavy (non-hydrogen) atoms. The first-order valence-corrected chi connectivity index (χ1v) is 3.08. The molecule has 0 aliphatic heterocycles. The first kappa shape index (κ1) is 8.03. The van der Waals surface area contributed by atoms with E-state index in [9.17, 15) is 0 Å². The summed E-state index contributed by atoms with van der Waals surface area (Å²) in [6.45, 7) is 2.81. The van der Waals surface area contributed by atoms with Crippen LogP contribution in [0, 0.1) is 11.3 Å². The van der Waals surface area contributed by atoms with Gasteiger partial charge in [-0.2, -0.15) is 5.26 Å². The monoisotopic (exact) mass is 125 g/mol. The van der Waals surface area contributed by atoms with Crippen molar-refractivity contribution in [2.75, 3.05) is 6.61 Å². The van der Waals surface area contributed by atoms with Gasteiger partial charge in [0.15, 0.2) is 0 Å². The van der Waals surface area contributed by atoms with Gasteiger partial charge in [-0.05, 0) is 6.42 Å². The number of nitrogens with zero attached hydrogens (tertiary/aromatic N) is 1. The van der Waals surface area contributed by atoms with Crippen molar-refractivity contribution >= 4 is 0 Å². The molecule has 0 amide bonds. The molecule has 50 valence electrons. The maximum Gasteiger partial charge on any atom is 0.0944 e. The third-order valence-corrected chi connectivity index (χ3v) is 0.855. The Hall–Kier alpha value is -0.970. The summed E-state index contributed by atoms with van der Waals surface area (Å²) in [4.78, 5) is 0. The number of unbranched alkanes of at least 4 members (excludes halogenated alkanes) is 1. The lowest BCUT2D eigenvalue weighted by molar-refractivity contribution is 0.244. The molecule has 0 heterocycles. The molecule has 0 aromatic rings. The maximum absolute atomic E-state index is 8.01. The standard InChI is InChI=1S/C7H11NO/c1-2-3-6-9-7-4-5-8/h4,7H,2-3,6H2,1H3. The van der Waals surface area contributed by atoms with Crippen molar-refractivity contribution in [2.24, 2.45) is 0 Å². The third kappa shape index (κ3) is 7.03. The summed E-state index contributed by atoms with van der Waals surface area (Å²) in [5.41, 5.74) is 0. The topological polar surface area (TPSA) is 33.0 Å². The number of nitriles is 1. The average molecular weight is 125 g/mol. The molecule has 0 aliphatic rings. The van der Waals surface area contributed by atoms with Crippen molar-refractivity contribution in [3.63, 3.8) is 0 Å². The van der Waals surface area contributed by atoms with Crippen LogP contribution in [0.3, 0.4) is 0 Å². The van der Waals surface area contributed by atoms with Crippen molar-refractivity contribution in [3.8, 4) is 6.07 Å². The fraction of sp³-hybridized carbons (Fsp3) is 0.571. The molecule has 0 saturated heterocycles. The molecule has 0 rings (SSSR count). The Morgan fingerprint density at radius 2 is 2.44 bits per heavy atom. The summed E-state index contributed by atoms with van der Waals surface area (Å²) in [5.74, 6) is 0. The first-order valence-electron chi connectivity index (χ1n) is 3.08. The van der Waals surface area contributed by atoms with Crippen LogP contribution < -0.4 is 0 Å². The molecule has 0 unspecified atom stereocenters. The lowest BCUT2D eigenvalue weighted by atomic mass is 10.4. The Morgan fingerprint density at radius 1 is 1.67 bits per heavy atom. The zero-order valence-corrected chi connectivity index (χ0v) is 5.63.